The standard InChI is InChI=1S/C9H18N4O3.C7H8.C4H10.C2H6/c1-6(2)7(14)4-11-9(16)13-12-8(15)5-10-3;1-7-5-3-2-4-6-7;1-4(2)3;1-2/h6,10H,4-5H2,1-3H3,(H,12,15)(H2,11,13,16);2-6H,1H3;4H,1-3H3;1-2H3. The van der Waals surface area contributed by atoms with Crippen LogP contribution in [0.4, 0.5) is 4.79 Å². The van der Waals surface area contributed by atoms with Gasteiger partial charge in [-0.1, -0.05) is 84.4 Å². The Hall–Kier alpha value is -2.41. The van der Waals surface area contributed by atoms with Gasteiger partial charge in [0.25, 0.3) is 5.91 Å². The summed E-state index contributed by atoms with van der Waals surface area (Å²) in [5.74, 6) is 0.267. The molecule has 0 heterocycles. The van der Waals surface area contributed by atoms with Gasteiger partial charge in [0, 0.05) is 5.92 Å². The maximum atomic E-state index is 11.1. The fourth-order valence-electron chi connectivity index (χ4n) is 1.28. The zero-order valence-electron chi connectivity index (χ0n) is 19.7. The Kier molecular flexibility index (Phi) is 23.6. The third kappa shape index (κ3) is 27.9. The fraction of sp³-hybridized carbons (Fsp3) is 0.591. The van der Waals surface area contributed by atoms with E-state index in [1.165, 1.54) is 5.56 Å². The molecule has 0 unspecified atom stereocenters. The molecule has 0 aliphatic carbocycles. The number of carbonyl (C=O) groups is 3. The summed E-state index contributed by atoms with van der Waals surface area (Å²) in [6, 6.07) is 9.65. The number of amides is 3. The van der Waals surface area contributed by atoms with Crippen LogP contribution in [0.2, 0.25) is 0 Å². The molecular formula is C22H42N4O3. The van der Waals surface area contributed by atoms with Gasteiger partial charge in [-0.15, -0.1) is 0 Å². The van der Waals surface area contributed by atoms with Gasteiger partial charge in [-0.25, -0.2) is 10.2 Å². The molecule has 0 atom stereocenters. The van der Waals surface area contributed by atoms with Crippen LogP contribution in [0.25, 0.3) is 0 Å². The highest BCUT2D eigenvalue weighted by molar-refractivity contribution is 5.87. The summed E-state index contributed by atoms with van der Waals surface area (Å²) >= 11 is 0. The molecule has 7 nitrogen and oxygen atoms in total. The van der Waals surface area contributed by atoms with Gasteiger partial charge in [0.1, 0.15) is 0 Å². The number of hydrogen-bond acceptors (Lipinski definition) is 4. The molecule has 168 valence electrons. The Morgan fingerprint density at radius 3 is 1.69 bits per heavy atom. The molecule has 0 fully saturated rings. The molecule has 0 radical (unpaired) electrons. The van der Waals surface area contributed by atoms with Crippen LogP contribution in [0.15, 0.2) is 30.3 Å². The van der Waals surface area contributed by atoms with Crippen molar-refractivity contribution in [3.05, 3.63) is 35.9 Å². The lowest BCUT2D eigenvalue weighted by molar-refractivity contribution is -0.121. The predicted octanol–water partition coefficient (Wildman–Crippen LogP) is 3.44. The van der Waals surface area contributed by atoms with Crippen molar-refractivity contribution >= 4 is 17.7 Å². The second-order valence-electron chi connectivity index (χ2n) is 6.89. The van der Waals surface area contributed by atoms with Gasteiger partial charge in [-0.3, -0.25) is 15.0 Å². The minimum Gasteiger partial charge on any atom is -0.330 e. The molecule has 7 heteroatoms. The molecule has 1 aromatic carbocycles. The van der Waals surface area contributed by atoms with Gasteiger partial charge in [0.2, 0.25) is 0 Å². The van der Waals surface area contributed by atoms with Crippen molar-refractivity contribution in [2.24, 2.45) is 11.8 Å². The second kappa shape index (κ2) is 21.9. The molecule has 0 bridgehead atoms. The number of rotatable bonds is 5. The lowest BCUT2D eigenvalue weighted by atomic mass is 10.1. The van der Waals surface area contributed by atoms with E-state index >= 15 is 0 Å². The molecule has 0 aliphatic rings. The molecular weight excluding hydrogens is 368 g/mol. The van der Waals surface area contributed by atoms with Crippen LogP contribution < -0.4 is 21.5 Å². The van der Waals surface area contributed by atoms with Crippen molar-refractivity contribution in [3.63, 3.8) is 0 Å². The van der Waals surface area contributed by atoms with E-state index in [1.54, 1.807) is 20.9 Å². The number of Topliss-reactive ketones (excluding diaryl/α,β-unsaturated/α-hetero) is 1. The highest BCUT2D eigenvalue weighted by Crippen LogP contribution is 1.92. The molecule has 0 aromatic heterocycles. The topological polar surface area (TPSA) is 99.3 Å². The predicted molar refractivity (Wildman–Crippen MR) is 121 cm³/mol. The zero-order valence-corrected chi connectivity index (χ0v) is 19.7. The first-order valence-electron chi connectivity index (χ1n) is 10.1. The Bertz CT molecular complexity index is 529. The van der Waals surface area contributed by atoms with Crippen LogP contribution in [0.3, 0.4) is 0 Å². The number of aryl methyl sites for hydroxylation is 1. The minimum absolute atomic E-state index is 0.0502. The fourth-order valence-corrected chi connectivity index (χ4v) is 1.28. The zero-order chi connectivity index (χ0) is 23.2. The Morgan fingerprint density at radius 2 is 1.34 bits per heavy atom. The largest absolute Gasteiger partial charge is 0.333 e. The Labute approximate surface area is 177 Å². The highest BCUT2D eigenvalue weighted by atomic mass is 16.2. The van der Waals surface area contributed by atoms with Gasteiger partial charge < -0.3 is 10.6 Å². The van der Waals surface area contributed by atoms with E-state index in [1.807, 2.05) is 32.0 Å². The van der Waals surface area contributed by atoms with Crippen molar-refractivity contribution in [1.29, 1.82) is 0 Å². The quantitative estimate of drug-likeness (QED) is 0.559. The summed E-state index contributed by atoms with van der Waals surface area (Å²) < 4.78 is 0. The number of nitrogens with one attached hydrogen (secondary N) is 4. The number of carbonyl (C=O) groups excluding carboxylic acids is 3. The van der Waals surface area contributed by atoms with Crippen molar-refractivity contribution in [2.75, 3.05) is 20.1 Å². The number of ketones is 1. The van der Waals surface area contributed by atoms with E-state index in [9.17, 15) is 14.4 Å². The summed E-state index contributed by atoms with van der Waals surface area (Å²) in [6.07, 6.45) is 0. The SMILES string of the molecule is CC.CC(C)C.CNCC(=O)NNC(=O)NCC(=O)C(C)C.Cc1ccccc1. The first kappa shape index (κ1) is 31.3. The number of likely N-dealkylation sites (N-methyl/N-ethyl adjacent to an activating group) is 1. The van der Waals surface area contributed by atoms with E-state index in [0.717, 1.165) is 5.92 Å². The molecule has 0 saturated carbocycles. The van der Waals surface area contributed by atoms with Crippen molar-refractivity contribution in [1.82, 2.24) is 21.5 Å². The maximum absolute atomic E-state index is 11.1. The normalized spacial score (nSPS) is 8.93. The van der Waals surface area contributed by atoms with E-state index in [4.69, 9.17) is 0 Å². The van der Waals surface area contributed by atoms with Gasteiger partial charge in [0.15, 0.2) is 5.78 Å². The van der Waals surface area contributed by atoms with Crippen LogP contribution in [0.1, 0.15) is 54.0 Å². The molecule has 1 rings (SSSR count). The molecule has 29 heavy (non-hydrogen) atoms. The third-order valence-corrected chi connectivity index (χ3v) is 2.66. The molecule has 4 N–H and O–H groups in total. The summed E-state index contributed by atoms with van der Waals surface area (Å²) in [7, 11) is 1.61. The molecule has 0 aliphatic heterocycles. The highest BCUT2D eigenvalue weighted by Gasteiger charge is 2.09. The van der Waals surface area contributed by atoms with Crippen LogP contribution in [-0.2, 0) is 9.59 Å². The number of urea groups is 1. The van der Waals surface area contributed by atoms with E-state index < -0.39 is 6.03 Å². The van der Waals surface area contributed by atoms with Crippen molar-refractivity contribution in [2.45, 2.75) is 55.4 Å². The monoisotopic (exact) mass is 410 g/mol. The van der Waals surface area contributed by atoms with Gasteiger partial charge in [0.05, 0.1) is 13.1 Å². The molecule has 0 spiro atoms. The first-order valence-corrected chi connectivity index (χ1v) is 10.1. The van der Waals surface area contributed by atoms with Crippen molar-refractivity contribution < 1.29 is 14.4 Å². The van der Waals surface area contributed by atoms with Gasteiger partial charge in [-0.05, 0) is 19.9 Å². The van der Waals surface area contributed by atoms with Crippen LogP contribution in [-0.4, -0.2) is 37.9 Å². The second-order valence-corrected chi connectivity index (χ2v) is 6.89. The first-order chi connectivity index (χ1) is 13.6. The molecule has 0 saturated heterocycles. The Morgan fingerprint density at radius 1 is 0.862 bits per heavy atom. The average Bonchev–Trinajstić information content (AvgIpc) is 2.67. The molecule has 1 aromatic rings. The third-order valence-electron chi connectivity index (χ3n) is 2.66. The Balaban J connectivity index is -0.000000424. The number of hydrogen-bond donors (Lipinski definition) is 4. The molecule has 3 amide bonds. The van der Waals surface area contributed by atoms with Crippen LogP contribution in [0, 0.1) is 18.8 Å². The average molecular weight is 411 g/mol. The number of hydrazine groups is 1. The van der Waals surface area contributed by atoms with Gasteiger partial charge in [-0.2, -0.15) is 0 Å². The van der Waals surface area contributed by atoms with E-state index in [0.29, 0.717) is 0 Å². The van der Waals surface area contributed by atoms with E-state index in [2.05, 4.69) is 61.3 Å². The smallest absolute Gasteiger partial charge is 0.330 e. The number of benzene rings is 1. The summed E-state index contributed by atoms with van der Waals surface area (Å²) in [4.78, 5) is 33.1. The summed E-state index contributed by atoms with van der Waals surface area (Å²) in [5, 5.41) is 4.95. The summed E-state index contributed by atoms with van der Waals surface area (Å²) in [5.41, 5.74) is 5.60. The van der Waals surface area contributed by atoms with Crippen molar-refractivity contribution in [3.8, 4) is 0 Å². The van der Waals surface area contributed by atoms with E-state index in [-0.39, 0.29) is 30.7 Å². The van der Waals surface area contributed by atoms with Gasteiger partial charge >= 0.3 is 6.03 Å². The lowest BCUT2D eigenvalue weighted by Gasteiger charge is -2.09. The minimum atomic E-state index is -0.613. The van der Waals surface area contributed by atoms with Crippen LogP contribution >= 0.6 is 0 Å². The van der Waals surface area contributed by atoms with Crippen LogP contribution in [0.5, 0.6) is 0 Å². The maximum Gasteiger partial charge on any atom is 0.333 e. The lowest BCUT2D eigenvalue weighted by Crippen LogP contribution is -2.50. The summed E-state index contributed by atoms with van der Waals surface area (Å²) in [6.45, 7) is 16.1.